The fraction of sp³-hybridized carbons (Fsp3) is 0.286. The van der Waals surface area contributed by atoms with E-state index in [-0.39, 0.29) is 9.56 Å². The number of rotatable bonds is 4. The van der Waals surface area contributed by atoms with Gasteiger partial charge < -0.3 is 9.52 Å². The van der Waals surface area contributed by atoms with E-state index in [0.717, 1.165) is 6.07 Å². The highest BCUT2D eigenvalue weighted by Gasteiger charge is 2.25. The number of aromatic carboxylic acids is 1. The number of nitrogens with one attached hydrogen (secondary N) is 1. The molecular weight excluding hydrogens is 304 g/mol. The average molecular weight is 313 g/mol. The van der Waals surface area contributed by atoms with Crippen molar-refractivity contribution in [1.29, 1.82) is 0 Å². The third-order valence-corrected chi connectivity index (χ3v) is 3.80. The lowest BCUT2D eigenvalue weighted by Gasteiger charge is -2.10. The first kappa shape index (κ1) is 13.2. The van der Waals surface area contributed by atoms with Gasteiger partial charge in [-0.2, -0.15) is 0 Å². The first-order valence-corrected chi connectivity index (χ1v) is 6.24. The highest BCUT2D eigenvalue weighted by Crippen LogP contribution is 2.25. The molecule has 0 unspecified atom stereocenters. The van der Waals surface area contributed by atoms with Crippen molar-refractivity contribution in [2.45, 2.75) is 4.90 Å². The van der Waals surface area contributed by atoms with Crippen LogP contribution in [0, 0.1) is 0 Å². The molecule has 0 aliphatic heterocycles. The SMILES string of the molecule is CN(C)NS(=O)(=O)c1cc(C(=O)O)oc1Br. The Morgan fingerprint density at radius 2 is 2.12 bits per heavy atom. The van der Waals surface area contributed by atoms with Crippen molar-refractivity contribution in [1.82, 2.24) is 9.84 Å². The molecule has 0 spiro atoms. The summed E-state index contributed by atoms with van der Waals surface area (Å²) in [6.07, 6.45) is 0. The van der Waals surface area contributed by atoms with E-state index < -0.39 is 21.8 Å². The quantitative estimate of drug-likeness (QED) is 0.785. The van der Waals surface area contributed by atoms with E-state index in [9.17, 15) is 13.2 Å². The minimum atomic E-state index is -3.83. The second-order valence-electron chi connectivity index (χ2n) is 3.04. The van der Waals surface area contributed by atoms with Crippen molar-refractivity contribution in [2.75, 3.05) is 14.1 Å². The third-order valence-electron chi connectivity index (χ3n) is 1.46. The Labute approximate surface area is 100 Å². The van der Waals surface area contributed by atoms with Crippen LogP contribution in [0.1, 0.15) is 10.6 Å². The zero-order chi connectivity index (χ0) is 12.5. The van der Waals surface area contributed by atoms with Gasteiger partial charge in [0.2, 0.25) is 5.76 Å². The van der Waals surface area contributed by atoms with Gasteiger partial charge in [-0.25, -0.2) is 18.2 Å². The smallest absolute Gasteiger partial charge is 0.371 e. The van der Waals surface area contributed by atoms with Crippen LogP contribution in [0.2, 0.25) is 0 Å². The number of hydrazine groups is 1. The summed E-state index contributed by atoms with van der Waals surface area (Å²) in [5.41, 5.74) is 0. The molecule has 90 valence electrons. The predicted molar refractivity (Wildman–Crippen MR) is 57.4 cm³/mol. The van der Waals surface area contributed by atoms with E-state index in [1.165, 1.54) is 19.1 Å². The minimum Gasteiger partial charge on any atom is -0.475 e. The van der Waals surface area contributed by atoms with Crippen LogP contribution in [-0.4, -0.2) is 38.6 Å². The topological polar surface area (TPSA) is 99.9 Å². The van der Waals surface area contributed by atoms with Gasteiger partial charge in [0.25, 0.3) is 10.0 Å². The van der Waals surface area contributed by atoms with Crippen molar-refractivity contribution in [3.8, 4) is 0 Å². The molecule has 1 aromatic rings. The molecule has 7 nitrogen and oxygen atoms in total. The lowest BCUT2D eigenvalue weighted by atomic mass is 10.5. The van der Waals surface area contributed by atoms with Gasteiger partial charge in [-0.15, -0.1) is 4.83 Å². The van der Waals surface area contributed by atoms with Crippen molar-refractivity contribution in [3.05, 3.63) is 16.5 Å². The Bertz CT molecular complexity index is 507. The maximum absolute atomic E-state index is 11.7. The molecular formula is C7H9BrN2O5S. The zero-order valence-corrected chi connectivity index (χ0v) is 10.8. The van der Waals surface area contributed by atoms with Crippen molar-refractivity contribution >= 4 is 31.9 Å². The summed E-state index contributed by atoms with van der Waals surface area (Å²) < 4.78 is 27.9. The molecule has 0 saturated heterocycles. The molecule has 0 aliphatic carbocycles. The van der Waals surface area contributed by atoms with Crippen molar-refractivity contribution in [3.63, 3.8) is 0 Å². The van der Waals surface area contributed by atoms with Crippen molar-refractivity contribution in [2.24, 2.45) is 0 Å². The Kier molecular flexibility index (Phi) is 3.73. The van der Waals surface area contributed by atoms with Gasteiger partial charge in [0.1, 0.15) is 4.90 Å². The van der Waals surface area contributed by atoms with E-state index in [0.29, 0.717) is 0 Å². The Balaban J connectivity index is 3.18. The standard InChI is InChI=1S/C7H9BrN2O5S/c1-10(2)9-16(13,14)5-3-4(7(11)12)15-6(5)8/h3,9H,1-2H3,(H,11,12). The molecule has 9 heteroatoms. The Morgan fingerprint density at radius 3 is 2.50 bits per heavy atom. The van der Waals surface area contributed by atoms with Crippen LogP contribution in [-0.2, 0) is 10.0 Å². The molecule has 1 rings (SSSR count). The summed E-state index contributed by atoms with van der Waals surface area (Å²) in [6, 6.07) is 0.929. The van der Waals surface area contributed by atoms with Gasteiger partial charge in [-0.3, -0.25) is 0 Å². The van der Waals surface area contributed by atoms with Crippen LogP contribution in [0.5, 0.6) is 0 Å². The Hall–Kier alpha value is -0.900. The zero-order valence-electron chi connectivity index (χ0n) is 8.39. The molecule has 0 fully saturated rings. The lowest BCUT2D eigenvalue weighted by molar-refractivity contribution is 0.0661. The number of furan rings is 1. The number of carboxylic acid groups (broad SMARTS) is 1. The summed E-state index contributed by atoms with van der Waals surface area (Å²) in [5.74, 6) is -1.79. The van der Waals surface area contributed by atoms with E-state index in [1.807, 2.05) is 0 Å². The fourth-order valence-corrected chi connectivity index (χ4v) is 2.95. The van der Waals surface area contributed by atoms with Gasteiger partial charge in [0, 0.05) is 20.2 Å². The third kappa shape index (κ3) is 2.82. The average Bonchev–Trinajstić information content (AvgIpc) is 2.45. The van der Waals surface area contributed by atoms with E-state index in [4.69, 9.17) is 9.52 Å². The van der Waals surface area contributed by atoms with Crippen LogP contribution in [0.15, 0.2) is 20.0 Å². The molecule has 0 amide bonds. The first-order chi connectivity index (χ1) is 7.24. The number of halogens is 1. The summed E-state index contributed by atoms with van der Waals surface area (Å²) in [4.78, 5) is 12.5. The molecule has 2 N–H and O–H groups in total. The lowest BCUT2D eigenvalue weighted by Crippen LogP contribution is -2.36. The largest absolute Gasteiger partial charge is 0.475 e. The maximum Gasteiger partial charge on any atom is 0.371 e. The van der Waals surface area contributed by atoms with Crippen molar-refractivity contribution < 1.29 is 22.7 Å². The molecule has 0 radical (unpaired) electrons. The second-order valence-corrected chi connectivity index (χ2v) is 5.39. The monoisotopic (exact) mass is 312 g/mol. The number of nitrogens with zero attached hydrogens (tertiary/aromatic N) is 1. The predicted octanol–water partition coefficient (Wildman–Crippen LogP) is 0.495. The number of carbonyl (C=O) groups is 1. The van der Waals surface area contributed by atoms with E-state index in [2.05, 4.69) is 20.8 Å². The molecule has 0 saturated carbocycles. The second kappa shape index (κ2) is 4.53. The number of hydrogen-bond donors (Lipinski definition) is 2. The molecule has 16 heavy (non-hydrogen) atoms. The molecule has 1 aromatic heterocycles. The summed E-state index contributed by atoms with van der Waals surface area (Å²) in [7, 11) is -0.851. The van der Waals surface area contributed by atoms with E-state index >= 15 is 0 Å². The molecule has 0 atom stereocenters. The summed E-state index contributed by atoms with van der Waals surface area (Å²) >= 11 is 2.84. The van der Waals surface area contributed by atoms with Crippen LogP contribution in [0.4, 0.5) is 0 Å². The first-order valence-electron chi connectivity index (χ1n) is 3.96. The van der Waals surface area contributed by atoms with Gasteiger partial charge >= 0.3 is 5.97 Å². The highest BCUT2D eigenvalue weighted by molar-refractivity contribution is 9.10. The Morgan fingerprint density at radius 1 is 1.56 bits per heavy atom. The van der Waals surface area contributed by atoms with Crippen LogP contribution in [0.25, 0.3) is 0 Å². The number of sulfonamides is 1. The highest BCUT2D eigenvalue weighted by atomic mass is 79.9. The van der Waals surface area contributed by atoms with E-state index in [1.54, 1.807) is 0 Å². The summed E-state index contributed by atoms with van der Waals surface area (Å²) in [6.45, 7) is 0. The maximum atomic E-state index is 11.7. The van der Waals surface area contributed by atoms with Gasteiger partial charge in [0.15, 0.2) is 4.67 Å². The van der Waals surface area contributed by atoms with Gasteiger partial charge in [-0.05, 0) is 15.9 Å². The normalized spacial score (nSPS) is 12.0. The molecule has 0 aliphatic rings. The van der Waals surface area contributed by atoms with Gasteiger partial charge in [0.05, 0.1) is 0 Å². The minimum absolute atomic E-state index is 0.153. The van der Waals surface area contributed by atoms with Crippen LogP contribution in [0.3, 0.4) is 0 Å². The summed E-state index contributed by atoms with van der Waals surface area (Å²) in [5, 5.41) is 9.85. The molecule has 0 aromatic carbocycles. The number of hydrogen-bond acceptors (Lipinski definition) is 5. The molecule has 1 heterocycles. The van der Waals surface area contributed by atoms with Crippen LogP contribution >= 0.6 is 15.9 Å². The van der Waals surface area contributed by atoms with Crippen LogP contribution < -0.4 is 4.83 Å². The fourth-order valence-electron chi connectivity index (χ4n) is 0.930. The van der Waals surface area contributed by atoms with Gasteiger partial charge in [-0.1, -0.05) is 0 Å². The number of carboxylic acids is 1. The molecule has 0 bridgehead atoms.